The minimum absolute atomic E-state index is 0.00143. The maximum atomic E-state index is 13.0. The van der Waals surface area contributed by atoms with Gasteiger partial charge in [-0.1, -0.05) is 44.2 Å². The minimum atomic E-state index is -3.99. The summed E-state index contributed by atoms with van der Waals surface area (Å²) in [6.45, 7) is 4.50. The predicted octanol–water partition coefficient (Wildman–Crippen LogP) is 3.31. The number of sulfonamides is 1. The van der Waals surface area contributed by atoms with Crippen molar-refractivity contribution >= 4 is 27.6 Å². The molecule has 2 aromatic carbocycles. The first-order valence-electron chi connectivity index (χ1n) is 11.0. The van der Waals surface area contributed by atoms with Gasteiger partial charge in [-0.25, -0.2) is 18.1 Å². The van der Waals surface area contributed by atoms with Crippen LogP contribution in [0.5, 0.6) is 5.88 Å². The molecule has 1 aliphatic heterocycles. The van der Waals surface area contributed by atoms with Crippen molar-refractivity contribution in [2.24, 2.45) is 0 Å². The van der Waals surface area contributed by atoms with E-state index < -0.39 is 10.0 Å². The second kappa shape index (κ2) is 9.68. The van der Waals surface area contributed by atoms with Crippen LogP contribution in [0.15, 0.2) is 59.5 Å². The minimum Gasteiger partial charge on any atom is -0.472 e. The highest BCUT2D eigenvalue weighted by Crippen LogP contribution is 2.31. The van der Waals surface area contributed by atoms with E-state index in [2.05, 4.69) is 33.9 Å². The number of carbonyl (C=O) groups excluding carboxylic acids is 1. The summed E-state index contributed by atoms with van der Waals surface area (Å²) in [5, 5.41) is 2.77. The summed E-state index contributed by atoms with van der Waals surface area (Å²) in [5.41, 5.74) is 8.52. The summed E-state index contributed by atoms with van der Waals surface area (Å²) in [4.78, 5) is 20.3. The zero-order valence-electron chi connectivity index (χ0n) is 19.0. The van der Waals surface area contributed by atoms with E-state index in [4.69, 9.17) is 10.5 Å². The molecule has 178 valence electrons. The number of piperidine rings is 1. The molecule has 0 spiro atoms. The second-order valence-corrected chi connectivity index (χ2v) is 10.1. The van der Waals surface area contributed by atoms with Crippen molar-refractivity contribution in [2.75, 3.05) is 17.0 Å². The van der Waals surface area contributed by atoms with E-state index >= 15 is 0 Å². The molecular weight excluding hydrogens is 454 g/mol. The number of nitrogens with zero attached hydrogens (tertiary/aromatic N) is 2. The number of carbonyl (C=O) groups is 1. The van der Waals surface area contributed by atoms with Crippen LogP contribution in [-0.4, -0.2) is 36.9 Å². The molecule has 1 aliphatic rings. The van der Waals surface area contributed by atoms with Crippen LogP contribution in [0.25, 0.3) is 11.3 Å². The van der Waals surface area contributed by atoms with Crippen LogP contribution in [-0.2, 0) is 14.8 Å². The molecule has 9 nitrogen and oxygen atoms in total. The van der Waals surface area contributed by atoms with E-state index in [1.165, 1.54) is 12.1 Å². The third-order valence-electron chi connectivity index (χ3n) is 5.46. The summed E-state index contributed by atoms with van der Waals surface area (Å²) in [6, 6.07) is 15.5. The lowest BCUT2D eigenvalue weighted by Gasteiger charge is -2.23. The molecule has 1 atom stereocenters. The van der Waals surface area contributed by atoms with Crippen molar-refractivity contribution < 1.29 is 17.9 Å². The number of hydrogen-bond donors (Lipinski definition) is 3. The first-order valence-corrected chi connectivity index (χ1v) is 12.5. The smallest absolute Gasteiger partial charge is 0.264 e. The van der Waals surface area contributed by atoms with E-state index in [0.717, 1.165) is 11.1 Å². The summed E-state index contributed by atoms with van der Waals surface area (Å²) in [7, 11) is -3.99. The molecular formula is C24H27N5O4S. The van der Waals surface area contributed by atoms with Crippen LogP contribution in [0.4, 0.5) is 11.6 Å². The van der Waals surface area contributed by atoms with Crippen molar-refractivity contribution in [1.29, 1.82) is 0 Å². The number of anilines is 2. The van der Waals surface area contributed by atoms with E-state index in [1.54, 1.807) is 18.2 Å². The third kappa shape index (κ3) is 5.45. The van der Waals surface area contributed by atoms with E-state index in [0.29, 0.717) is 30.8 Å². The molecule has 1 saturated heterocycles. The molecule has 10 heteroatoms. The molecule has 1 fully saturated rings. The lowest BCUT2D eigenvalue weighted by atomic mass is 9.95. The number of nitrogens with one attached hydrogen (secondary N) is 2. The normalized spacial score (nSPS) is 16.2. The van der Waals surface area contributed by atoms with Gasteiger partial charge in [-0.15, -0.1) is 0 Å². The fourth-order valence-corrected chi connectivity index (χ4v) is 4.74. The highest BCUT2D eigenvalue weighted by molar-refractivity contribution is 7.92. The fourth-order valence-electron chi connectivity index (χ4n) is 3.75. The van der Waals surface area contributed by atoms with Crippen LogP contribution in [0.2, 0.25) is 0 Å². The lowest BCUT2D eigenvalue weighted by molar-refractivity contribution is -0.123. The standard InChI is InChI=1S/C24H27N5O4S/c1-15(2)19-8-3-4-9-20(19)21-13-23(33-17-10-11-22(30)26-14-17)28-24(27-21)29-34(31,32)18-7-5-6-16(25)12-18/h3-9,12-13,15,17H,10-11,14,25H2,1-2H3,(H,26,30)(H,27,28,29). The van der Waals surface area contributed by atoms with Crippen molar-refractivity contribution in [3.63, 3.8) is 0 Å². The molecule has 0 bridgehead atoms. The van der Waals surface area contributed by atoms with Gasteiger partial charge in [-0.2, -0.15) is 4.98 Å². The maximum Gasteiger partial charge on any atom is 0.264 e. The Kier molecular flexibility index (Phi) is 6.69. The Morgan fingerprint density at radius 3 is 2.62 bits per heavy atom. The molecule has 3 aromatic rings. The molecule has 1 amide bonds. The Balaban J connectivity index is 1.73. The Labute approximate surface area is 198 Å². The summed E-state index contributed by atoms with van der Waals surface area (Å²) in [6.07, 6.45) is 0.616. The number of aromatic nitrogens is 2. The number of amides is 1. The molecule has 1 unspecified atom stereocenters. The first kappa shape index (κ1) is 23.5. The van der Waals surface area contributed by atoms with Crippen molar-refractivity contribution in [2.45, 2.75) is 43.6 Å². The van der Waals surface area contributed by atoms with Gasteiger partial charge in [-0.05, 0) is 36.1 Å². The molecule has 1 aromatic heterocycles. The van der Waals surface area contributed by atoms with Crippen LogP contribution >= 0.6 is 0 Å². The van der Waals surface area contributed by atoms with Gasteiger partial charge < -0.3 is 15.8 Å². The van der Waals surface area contributed by atoms with E-state index in [1.807, 2.05) is 24.3 Å². The van der Waals surface area contributed by atoms with Crippen molar-refractivity contribution in [1.82, 2.24) is 15.3 Å². The Hall–Kier alpha value is -3.66. The highest BCUT2D eigenvalue weighted by atomic mass is 32.2. The molecule has 34 heavy (non-hydrogen) atoms. The SMILES string of the molecule is CC(C)c1ccccc1-c1cc(OC2CCC(=O)NC2)nc(NS(=O)(=O)c2cccc(N)c2)n1. The Bertz CT molecular complexity index is 1300. The van der Waals surface area contributed by atoms with E-state index in [9.17, 15) is 13.2 Å². The van der Waals surface area contributed by atoms with Crippen LogP contribution in [0, 0.1) is 0 Å². The Morgan fingerprint density at radius 2 is 1.91 bits per heavy atom. The topological polar surface area (TPSA) is 136 Å². The van der Waals surface area contributed by atoms with Crippen LogP contribution in [0.1, 0.15) is 38.2 Å². The molecule has 4 N–H and O–H groups in total. The number of ether oxygens (including phenoxy) is 1. The van der Waals surface area contributed by atoms with Gasteiger partial charge in [0.15, 0.2) is 0 Å². The monoisotopic (exact) mass is 481 g/mol. The van der Waals surface area contributed by atoms with Crippen molar-refractivity contribution in [3.05, 3.63) is 60.2 Å². The number of benzene rings is 2. The fraction of sp³-hybridized carbons (Fsp3) is 0.292. The predicted molar refractivity (Wildman–Crippen MR) is 130 cm³/mol. The summed E-state index contributed by atoms with van der Waals surface area (Å²) >= 11 is 0. The van der Waals surface area contributed by atoms with Gasteiger partial charge in [0.25, 0.3) is 10.0 Å². The average Bonchev–Trinajstić information content (AvgIpc) is 2.80. The molecule has 2 heterocycles. The van der Waals surface area contributed by atoms with Gasteiger partial charge in [0.05, 0.1) is 17.1 Å². The van der Waals surface area contributed by atoms with Gasteiger partial charge in [0.2, 0.25) is 17.7 Å². The molecule has 0 saturated carbocycles. The first-order chi connectivity index (χ1) is 16.2. The zero-order chi connectivity index (χ0) is 24.3. The number of rotatable bonds is 7. The number of nitrogen functional groups attached to an aromatic ring is 1. The molecule has 0 radical (unpaired) electrons. The quantitative estimate of drug-likeness (QED) is 0.440. The summed E-state index contributed by atoms with van der Waals surface area (Å²) < 4.78 is 34.4. The highest BCUT2D eigenvalue weighted by Gasteiger charge is 2.23. The largest absolute Gasteiger partial charge is 0.472 e. The van der Waals surface area contributed by atoms with Gasteiger partial charge in [0, 0.05) is 23.7 Å². The van der Waals surface area contributed by atoms with Crippen LogP contribution < -0.4 is 20.5 Å². The van der Waals surface area contributed by atoms with Gasteiger partial charge in [-0.3, -0.25) is 4.79 Å². The van der Waals surface area contributed by atoms with E-state index in [-0.39, 0.29) is 34.7 Å². The number of hydrogen-bond acceptors (Lipinski definition) is 7. The second-order valence-electron chi connectivity index (χ2n) is 8.42. The molecule has 0 aliphatic carbocycles. The van der Waals surface area contributed by atoms with Gasteiger partial charge >= 0.3 is 0 Å². The third-order valence-corrected chi connectivity index (χ3v) is 6.79. The molecule has 4 rings (SSSR count). The maximum absolute atomic E-state index is 13.0. The summed E-state index contributed by atoms with van der Waals surface area (Å²) in [5.74, 6) is 0.296. The average molecular weight is 482 g/mol. The van der Waals surface area contributed by atoms with Crippen molar-refractivity contribution in [3.8, 4) is 17.1 Å². The number of nitrogens with two attached hydrogens (primary N) is 1. The zero-order valence-corrected chi connectivity index (χ0v) is 19.8. The van der Waals surface area contributed by atoms with Gasteiger partial charge in [0.1, 0.15) is 6.10 Å². The van der Waals surface area contributed by atoms with Crippen LogP contribution in [0.3, 0.4) is 0 Å². The lowest BCUT2D eigenvalue weighted by Crippen LogP contribution is -2.41. The Morgan fingerprint density at radius 1 is 1.12 bits per heavy atom.